The van der Waals surface area contributed by atoms with Crippen LogP contribution >= 0.6 is 11.6 Å². The van der Waals surface area contributed by atoms with Gasteiger partial charge in [0.2, 0.25) is 0 Å². The van der Waals surface area contributed by atoms with Crippen LogP contribution in [0.4, 0.5) is 0 Å². The molecule has 0 unspecified atom stereocenters. The first-order chi connectivity index (χ1) is 9.70. The maximum absolute atomic E-state index is 11.8. The van der Waals surface area contributed by atoms with Gasteiger partial charge in [0.15, 0.2) is 6.61 Å². The molecule has 1 fully saturated rings. The quantitative estimate of drug-likeness (QED) is 0.848. The molecule has 0 saturated heterocycles. The molecule has 0 spiro atoms. The fourth-order valence-corrected chi connectivity index (χ4v) is 2.74. The number of hydrogen-bond acceptors (Lipinski definition) is 3. The highest BCUT2D eigenvalue weighted by atomic mass is 35.5. The van der Waals surface area contributed by atoms with Crippen LogP contribution in [0.5, 0.6) is 5.75 Å². The molecule has 0 radical (unpaired) electrons. The minimum Gasteiger partial charge on any atom is -0.483 e. The van der Waals surface area contributed by atoms with Crippen LogP contribution < -0.4 is 15.4 Å². The number of nitrogens with one attached hydrogen (secondary N) is 2. The number of hydrogen-bond donors (Lipinski definition) is 2. The summed E-state index contributed by atoms with van der Waals surface area (Å²) in [5.74, 6) is 0.598. The van der Waals surface area contributed by atoms with Gasteiger partial charge in [-0.15, -0.1) is 0 Å². The Labute approximate surface area is 124 Å². The largest absolute Gasteiger partial charge is 0.483 e. The monoisotopic (exact) mass is 296 g/mol. The minimum absolute atomic E-state index is 0.0353. The molecule has 0 atom stereocenters. The van der Waals surface area contributed by atoms with E-state index < -0.39 is 0 Å². The summed E-state index contributed by atoms with van der Waals surface area (Å²) in [6.07, 6.45) is 4.56. The van der Waals surface area contributed by atoms with Gasteiger partial charge in [0.25, 0.3) is 5.91 Å². The van der Waals surface area contributed by atoms with E-state index in [-0.39, 0.29) is 12.5 Å². The fourth-order valence-electron chi connectivity index (χ4n) is 2.51. The van der Waals surface area contributed by atoms with Crippen molar-refractivity contribution in [1.29, 1.82) is 0 Å². The van der Waals surface area contributed by atoms with E-state index >= 15 is 0 Å². The van der Waals surface area contributed by atoms with E-state index in [0.29, 0.717) is 23.4 Å². The van der Waals surface area contributed by atoms with Crippen molar-refractivity contribution in [2.24, 2.45) is 0 Å². The Morgan fingerprint density at radius 3 is 2.85 bits per heavy atom. The number of benzene rings is 1. The van der Waals surface area contributed by atoms with Gasteiger partial charge in [-0.3, -0.25) is 4.79 Å². The van der Waals surface area contributed by atoms with Crippen LogP contribution in [0.1, 0.15) is 31.2 Å². The molecule has 110 valence electrons. The number of carbonyl (C=O) groups is 1. The smallest absolute Gasteiger partial charge is 0.258 e. The molecular weight excluding hydrogens is 276 g/mol. The Kier molecular flexibility index (Phi) is 5.68. The Morgan fingerprint density at radius 2 is 2.15 bits per heavy atom. The SMILES string of the molecule is CNCc1c(Cl)cccc1OCC(=O)NC1CCCC1. The maximum atomic E-state index is 11.8. The van der Waals surface area contributed by atoms with Crippen molar-refractivity contribution in [2.75, 3.05) is 13.7 Å². The van der Waals surface area contributed by atoms with Crippen molar-refractivity contribution in [2.45, 2.75) is 38.3 Å². The third-order valence-corrected chi connectivity index (χ3v) is 3.86. The van der Waals surface area contributed by atoms with Crippen molar-refractivity contribution in [3.63, 3.8) is 0 Å². The summed E-state index contributed by atoms with van der Waals surface area (Å²) in [6.45, 7) is 0.646. The van der Waals surface area contributed by atoms with Crippen LogP contribution in [-0.4, -0.2) is 25.6 Å². The zero-order valence-electron chi connectivity index (χ0n) is 11.7. The van der Waals surface area contributed by atoms with Gasteiger partial charge in [-0.05, 0) is 32.0 Å². The lowest BCUT2D eigenvalue weighted by atomic mass is 10.2. The van der Waals surface area contributed by atoms with Crippen molar-refractivity contribution in [1.82, 2.24) is 10.6 Å². The van der Waals surface area contributed by atoms with Crippen LogP contribution in [0.25, 0.3) is 0 Å². The number of ether oxygens (including phenoxy) is 1. The topological polar surface area (TPSA) is 50.4 Å². The molecule has 1 saturated carbocycles. The standard InChI is InChI=1S/C15H21ClN2O2/c1-17-9-12-13(16)7-4-8-14(12)20-10-15(19)18-11-5-2-3-6-11/h4,7-8,11,17H,2-3,5-6,9-10H2,1H3,(H,18,19). The van der Waals surface area contributed by atoms with E-state index in [1.165, 1.54) is 12.8 Å². The molecule has 0 aliphatic heterocycles. The summed E-state index contributed by atoms with van der Waals surface area (Å²) in [7, 11) is 1.85. The first-order valence-electron chi connectivity index (χ1n) is 7.05. The summed E-state index contributed by atoms with van der Waals surface area (Å²) in [6, 6.07) is 5.80. The van der Waals surface area contributed by atoms with Crippen LogP contribution in [0.15, 0.2) is 18.2 Å². The van der Waals surface area contributed by atoms with Crippen molar-refractivity contribution in [3.05, 3.63) is 28.8 Å². The molecule has 1 aromatic carbocycles. The average molecular weight is 297 g/mol. The van der Waals surface area contributed by atoms with Gasteiger partial charge in [-0.25, -0.2) is 0 Å². The lowest BCUT2D eigenvalue weighted by Gasteiger charge is -2.15. The van der Waals surface area contributed by atoms with E-state index in [4.69, 9.17) is 16.3 Å². The van der Waals surface area contributed by atoms with Crippen molar-refractivity contribution in [3.8, 4) is 5.75 Å². The maximum Gasteiger partial charge on any atom is 0.258 e. The predicted molar refractivity (Wildman–Crippen MR) is 80.1 cm³/mol. The van der Waals surface area contributed by atoms with E-state index in [0.717, 1.165) is 18.4 Å². The van der Waals surface area contributed by atoms with Gasteiger partial charge in [0.05, 0.1) is 0 Å². The summed E-state index contributed by atoms with van der Waals surface area (Å²) >= 11 is 6.14. The zero-order valence-corrected chi connectivity index (χ0v) is 12.5. The highest BCUT2D eigenvalue weighted by molar-refractivity contribution is 6.31. The predicted octanol–water partition coefficient (Wildman–Crippen LogP) is 2.50. The molecule has 0 heterocycles. The molecule has 5 heteroatoms. The van der Waals surface area contributed by atoms with Crippen LogP contribution in [0, 0.1) is 0 Å². The molecule has 1 aromatic rings. The second-order valence-electron chi connectivity index (χ2n) is 5.08. The molecule has 2 N–H and O–H groups in total. The first kappa shape index (κ1) is 15.1. The van der Waals surface area contributed by atoms with Gasteiger partial charge >= 0.3 is 0 Å². The number of amides is 1. The Hall–Kier alpha value is -1.26. The van der Waals surface area contributed by atoms with E-state index in [2.05, 4.69) is 10.6 Å². The lowest BCUT2D eigenvalue weighted by Crippen LogP contribution is -2.36. The van der Waals surface area contributed by atoms with Gasteiger partial charge in [-0.1, -0.05) is 30.5 Å². The van der Waals surface area contributed by atoms with E-state index in [9.17, 15) is 4.79 Å². The number of carbonyl (C=O) groups excluding carboxylic acids is 1. The molecule has 0 bridgehead atoms. The Bertz CT molecular complexity index is 459. The van der Waals surface area contributed by atoms with Gasteiger partial charge < -0.3 is 15.4 Å². The van der Waals surface area contributed by atoms with Crippen molar-refractivity contribution >= 4 is 17.5 Å². The van der Waals surface area contributed by atoms with Crippen molar-refractivity contribution < 1.29 is 9.53 Å². The summed E-state index contributed by atoms with van der Waals surface area (Å²) in [5.41, 5.74) is 0.880. The molecule has 1 amide bonds. The Balaban J connectivity index is 1.89. The minimum atomic E-state index is -0.0627. The van der Waals surface area contributed by atoms with Crippen LogP contribution in [-0.2, 0) is 11.3 Å². The molecule has 0 aromatic heterocycles. The highest BCUT2D eigenvalue weighted by Crippen LogP contribution is 2.26. The lowest BCUT2D eigenvalue weighted by molar-refractivity contribution is -0.123. The number of halogens is 1. The van der Waals surface area contributed by atoms with Gasteiger partial charge in [-0.2, -0.15) is 0 Å². The summed E-state index contributed by atoms with van der Waals surface area (Å²) in [5, 5.41) is 6.70. The summed E-state index contributed by atoms with van der Waals surface area (Å²) < 4.78 is 5.61. The van der Waals surface area contributed by atoms with E-state index in [1.807, 2.05) is 25.2 Å². The molecule has 20 heavy (non-hydrogen) atoms. The van der Waals surface area contributed by atoms with Gasteiger partial charge in [0, 0.05) is 23.2 Å². The third-order valence-electron chi connectivity index (χ3n) is 3.51. The highest BCUT2D eigenvalue weighted by Gasteiger charge is 2.17. The zero-order chi connectivity index (χ0) is 14.4. The molecule has 1 aliphatic rings. The van der Waals surface area contributed by atoms with E-state index in [1.54, 1.807) is 0 Å². The Morgan fingerprint density at radius 1 is 1.40 bits per heavy atom. The number of rotatable bonds is 6. The average Bonchev–Trinajstić information content (AvgIpc) is 2.92. The fraction of sp³-hybridized carbons (Fsp3) is 0.533. The molecule has 1 aliphatic carbocycles. The van der Waals surface area contributed by atoms with Crippen LogP contribution in [0.2, 0.25) is 5.02 Å². The second-order valence-corrected chi connectivity index (χ2v) is 5.49. The molecular formula is C15H21ClN2O2. The second kappa shape index (κ2) is 7.50. The van der Waals surface area contributed by atoms with Gasteiger partial charge in [0.1, 0.15) is 5.75 Å². The molecule has 4 nitrogen and oxygen atoms in total. The first-order valence-corrected chi connectivity index (χ1v) is 7.42. The molecule has 2 rings (SSSR count). The van der Waals surface area contributed by atoms with Crippen LogP contribution in [0.3, 0.4) is 0 Å². The third kappa shape index (κ3) is 4.12. The summed E-state index contributed by atoms with van der Waals surface area (Å²) in [4.78, 5) is 11.8. The normalized spacial score (nSPS) is 15.3.